The Balaban J connectivity index is 2.47. The van der Waals surface area contributed by atoms with E-state index in [1.54, 1.807) is 0 Å². The molecule has 1 aromatic carbocycles. The SMILES string of the molecule is CCN(CC(=O)NCC(C)C)Cc1cccc(N)c1. The fourth-order valence-electron chi connectivity index (χ4n) is 1.81. The molecule has 0 unspecified atom stereocenters. The third kappa shape index (κ3) is 6.25. The number of hydrogen-bond donors (Lipinski definition) is 2. The molecule has 1 amide bonds. The molecule has 4 nitrogen and oxygen atoms in total. The van der Waals surface area contributed by atoms with Gasteiger partial charge in [-0.2, -0.15) is 0 Å². The van der Waals surface area contributed by atoms with Crippen molar-refractivity contribution in [2.45, 2.75) is 27.3 Å². The molecule has 0 radical (unpaired) electrons. The van der Waals surface area contributed by atoms with Crippen LogP contribution < -0.4 is 11.1 Å². The van der Waals surface area contributed by atoms with Gasteiger partial charge in [0.2, 0.25) is 5.91 Å². The zero-order valence-electron chi connectivity index (χ0n) is 12.1. The minimum absolute atomic E-state index is 0.0828. The lowest BCUT2D eigenvalue weighted by atomic mass is 10.2. The van der Waals surface area contributed by atoms with Crippen molar-refractivity contribution in [1.82, 2.24) is 10.2 Å². The fraction of sp³-hybridized carbons (Fsp3) is 0.533. The van der Waals surface area contributed by atoms with E-state index in [-0.39, 0.29) is 5.91 Å². The summed E-state index contributed by atoms with van der Waals surface area (Å²) in [6, 6.07) is 7.80. The van der Waals surface area contributed by atoms with Crippen molar-refractivity contribution in [2.24, 2.45) is 5.92 Å². The summed E-state index contributed by atoms with van der Waals surface area (Å²) in [6.07, 6.45) is 0. The number of nitrogens with one attached hydrogen (secondary N) is 1. The van der Waals surface area contributed by atoms with E-state index in [0.717, 1.165) is 30.9 Å². The van der Waals surface area contributed by atoms with Gasteiger partial charge >= 0.3 is 0 Å². The van der Waals surface area contributed by atoms with Gasteiger partial charge < -0.3 is 11.1 Å². The minimum atomic E-state index is 0.0828. The van der Waals surface area contributed by atoms with E-state index in [0.29, 0.717) is 12.5 Å². The maximum Gasteiger partial charge on any atom is 0.234 e. The van der Waals surface area contributed by atoms with E-state index in [1.807, 2.05) is 24.3 Å². The Morgan fingerprint density at radius 1 is 1.42 bits per heavy atom. The Hall–Kier alpha value is -1.55. The molecule has 1 aromatic rings. The third-order valence-electron chi connectivity index (χ3n) is 2.88. The second-order valence-electron chi connectivity index (χ2n) is 5.25. The van der Waals surface area contributed by atoms with Crippen LogP contribution in [0.15, 0.2) is 24.3 Å². The lowest BCUT2D eigenvalue weighted by molar-refractivity contribution is -0.122. The molecule has 4 heteroatoms. The van der Waals surface area contributed by atoms with Gasteiger partial charge in [0.05, 0.1) is 6.54 Å². The normalized spacial score (nSPS) is 11.0. The highest BCUT2D eigenvalue weighted by molar-refractivity contribution is 5.78. The van der Waals surface area contributed by atoms with Gasteiger partial charge in [-0.05, 0) is 30.2 Å². The predicted molar refractivity (Wildman–Crippen MR) is 79.7 cm³/mol. The molecule has 106 valence electrons. The number of anilines is 1. The van der Waals surface area contributed by atoms with E-state index in [4.69, 9.17) is 5.73 Å². The van der Waals surface area contributed by atoms with Gasteiger partial charge in [0, 0.05) is 18.8 Å². The average molecular weight is 263 g/mol. The number of rotatable bonds is 7. The van der Waals surface area contributed by atoms with Crippen molar-refractivity contribution < 1.29 is 4.79 Å². The summed E-state index contributed by atoms with van der Waals surface area (Å²) in [5.74, 6) is 0.562. The third-order valence-corrected chi connectivity index (χ3v) is 2.88. The lowest BCUT2D eigenvalue weighted by Crippen LogP contribution is -2.38. The number of likely N-dealkylation sites (N-methyl/N-ethyl adjacent to an activating group) is 1. The molecule has 0 fully saturated rings. The van der Waals surface area contributed by atoms with Crippen molar-refractivity contribution in [3.05, 3.63) is 29.8 Å². The molecule has 0 saturated heterocycles. The number of hydrogen-bond acceptors (Lipinski definition) is 3. The molecule has 0 spiro atoms. The summed E-state index contributed by atoms with van der Waals surface area (Å²) in [5.41, 5.74) is 7.66. The van der Waals surface area contributed by atoms with Gasteiger partial charge in [0.25, 0.3) is 0 Å². The summed E-state index contributed by atoms with van der Waals surface area (Å²) < 4.78 is 0. The van der Waals surface area contributed by atoms with Crippen molar-refractivity contribution >= 4 is 11.6 Å². The van der Waals surface area contributed by atoms with Crippen LogP contribution >= 0.6 is 0 Å². The molecule has 0 aliphatic carbocycles. The number of nitrogen functional groups attached to an aromatic ring is 1. The van der Waals surface area contributed by atoms with Gasteiger partial charge in [0.1, 0.15) is 0 Å². The summed E-state index contributed by atoms with van der Waals surface area (Å²) in [5, 5.41) is 2.94. The van der Waals surface area contributed by atoms with Gasteiger partial charge in [0.15, 0.2) is 0 Å². The molecule has 3 N–H and O–H groups in total. The van der Waals surface area contributed by atoms with Gasteiger partial charge in [-0.15, -0.1) is 0 Å². The van der Waals surface area contributed by atoms with E-state index >= 15 is 0 Å². The predicted octanol–water partition coefficient (Wildman–Crippen LogP) is 1.86. The first-order chi connectivity index (χ1) is 9.01. The first-order valence-corrected chi connectivity index (χ1v) is 6.84. The van der Waals surface area contributed by atoms with Crippen LogP contribution in [0.4, 0.5) is 5.69 Å². The molecular weight excluding hydrogens is 238 g/mol. The smallest absolute Gasteiger partial charge is 0.234 e. The van der Waals surface area contributed by atoms with Crippen LogP contribution in [-0.4, -0.2) is 30.4 Å². The lowest BCUT2D eigenvalue weighted by Gasteiger charge is -2.20. The highest BCUT2D eigenvalue weighted by Gasteiger charge is 2.09. The molecule has 0 aromatic heterocycles. The van der Waals surface area contributed by atoms with Crippen LogP contribution in [0.25, 0.3) is 0 Å². The Morgan fingerprint density at radius 3 is 2.74 bits per heavy atom. The van der Waals surface area contributed by atoms with Gasteiger partial charge in [-0.25, -0.2) is 0 Å². The molecular formula is C15H25N3O. The summed E-state index contributed by atoms with van der Waals surface area (Å²) in [7, 11) is 0. The number of carbonyl (C=O) groups is 1. The molecule has 0 heterocycles. The van der Waals surface area contributed by atoms with Crippen molar-refractivity contribution in [3.8, 4) is 0 Å². The molecule has 1 rings (SSSR count). The molecule has 0 bridgehead atoms. The monoisotopic (exact) mass is 263 g/mol. The van der Waals surface area contributed by atoms with Crippen LogP contribution in [-0.2, 0) is 11.3 Å². The van der Waals surface area contributed by atoms with E-state index in [9.17, 15) is 4.79 Å². The number of carbonyl (C=O) groups excluding carboxylic acids is 1. The molecule has 0 atom stereocenters. The zero-order valence-corrected chi connectivity index (χ0v) is 12.1. The molecule has 0 saturated carbocycles. The Morgan fingerprint density at radius 2 is 2.16 bits per heavy atom. The first-order valence-electron chi connectivity index (χ1n) is 6.84. The average Bonchev–Trinajstić information content (AvgIpc) is 2.35. The maximum absolute atomic E-state index is 11.8. The van der Waals surface area contributed by atoms with Crippen LogP contribution in [0.2, 0.25) is 0 Å². The summed E-state index contributed by atoms with van der Waals surface area (Å²) in [6.45, 7) is 8.98. The summed E-state index contributed by atoms with van der Waals surface area (Å²) in [4.78, 5) is 13.9. The second kappa shape index (κ2) is 7.79. The Labute approximate surface area is 116 Å². The van der Waals surface area contributed by atoms with Crippen LogP contribution in [0, 0.1) is 5.92 Å². The number of amides is 1. The summed E-state index contributed by atoms with van der Waals surface area (Å²) >= 11 is 0. The Kier molecular flexibility index (Phi) is 6.36. The van der Waals surface area contributed by atoms with Crippen LogP contribution in [0.5, 0.6) is 0 Å². The number of nitrogens with zero attached hydrogens (tertiary/aromatic N) is 1. The van der Waals surface area contributed by atoms with Crippen molar-refractivity contribution in [2.75, 3.05) is 25.4 Å². The highest BCUT2D eigenvalue weighted by atomic mass is 16.2. The van der Waals surface area contributed by atoms with Gasteiger partial charge in [-0.3, -0.25) is 9.69 Å². The van der Waals surface area contributed by atoms with Crippen LogP contribution in [0.3, 0.4) is 0 Å². The van der Waals surface area contributed by atoms with Crippen molar-refractivity contribution in [3.63, 3.8) is 0 Å². The number of benzene rings is 1. The number of nitrogens with two attached hydrogens (primary N) is 1. The van der Waals surface area contributed by atoms with E-state index in [2.05, 4.69) is 31.0 Å². The van der Waals surface area contributed by atoms with Crippen LogP contribution in [0.1, 0.15) is 26.3 Å². The van der Waals surface area contributed by atoms with Gasteiger partial charge in [-0.1, -0.05) is 32.9 Å². The molecule has 0 aliphatic rings. The largest absolute Gasteiger partial charge is 0.399 e. The maximum atomic E-state index is 11.8. The Bertz CT molecular complexity index is 404. The topological polar surface area (TPSA) is 58.4 Å². The van der Waals surface area contributed by atoms with Crippen molar-refractivity contribution in [1.29, 1.82) is 0 Å². The van der Waals surface area contributed by atoms with E-state index in [1.165, 1.54) is 0 Å². The molecule has 19 heavy (non-hydrogen) atoms. The quantitative estimate of drug-likeness (QED) is 0.738. The second-order valence-corrected chi connectivity index (χ2v) is 5.25. The zero-order chi connectivity index (χ0) is 14.3. The standard InChI is InChI=1S/C15H25N3O/c1-4-18(11-15(19)17-9-12(2)3)10-13-6-5-7-14(16)8-13/h5-8,12H,4,9-11,16H2,1-3H3,(H,17,19). The molecule has 0 aliphatic heterocycles. The minimum Gasteiger partial charge on any atom is -0.399 e. The van der Waals surface area contributed by atoms with E-state index < -0.39 is 0 Å². The first kappa shape index (κ1) is 15.5. The highest BCUT2D eigenvalue weighted by Crippen LogP contribution is 2.09. The fourth-order valence-corrected chi connectivity index (χ4v) is 1.81.